The minimum absolute atomic E-state index is 0.143. The fraction of sp³-hybridized carbons (Fsp3) is 0.700. The molecule has 2 heterocycles. The van der Waals surface area contributed by atoms with E-state index in [2.05, 4.69) is 4.98 Å². The quantitative estimate of drug-likeness (QED) is 0.826. The van der Waals surface area contributed by atoms with E-state index in [1.807, 2.05) is 11.8 Å². The van der Waals surface area contributed by atoms with Crippen LogP contribution in [0.4, 0.5) is 0 Å². The first-order valence-electron chi connectivity index (χ1n) is 5.04. The monoisotopic (exact) mass is 213 g/mol. The smallest absolute Gasteiger partial charge is 0.195 e. The molecule has 1 aromatic rings. The molecule has 0 amide bonds. The zero-order valence-electron chi connectivity index (χ0n) is 8.11. The maximum atomic E-state index is 8.73. The van der Waals surface area contributed by atoms with Crippen molar-refractivity contribution in [1.29, 1.82) is 0 Å². The molecule has 1 atom stereocenters. The number of aromatic nitrogens is 1. The summed E-state index contributed by atoms with van der Waals surface area (Å²) in [5.41, 5.74) is 0.866. The number of thioether (sulfide) groups is 1. The molecule has 1 unspecified atom stereocenters. The number of hydrogen-bond acceptors (Lipinski definition) is 4. The third kappa shape index (κ3) is 2.51. The normalized spacial score (nSPS) is 21.6. The molecule has 0 bridgehead atoms. The van der Waals surface area contributed by atoms with Crippen molar-refractivity contribution in [3.63, 3.8) is 0 Å². The second-order valence-electron chi connectivity index (χ2n) is 3.55. The van der Waals surface area contributed by atoms with Gasteiger partial charge in [-0.3, -0.25) is 0 Å². The van der Waals surface area contributed by atoms with Crippen molar-refractivity contribution in [2.45, 2.75) is 30.9 Å². The van der Waals surface area contributed by atoms with Crippen molar-refractivity contribution in [1.82, 2.24) is 4.98 Å². The van der Waals surface area contributed by atoms with Crippen molar-refractivity contribution in [2.24, 2.45) is 0 Å². The molecule has 14 heavy (non-hydrogen) atoms. The van der Waals surface area contributed by atoms with E-state index in [9.17, 15) is 0 Å². The van der Waals surface area contributed by atoms with Gasteiger partial charge in [-0.25, -0.2) is 4.98 Å². The lowest BCUT2D eigenvalue weighted by molar-refractivity contribution is 0.298. The molecule has 0 spiro atoms. The van der Waals surface area contributed by atoms with E-state index < -0.39 is 0 Å². The average molecular weight is 213 g/mol. The van der Waals surface area contributed by atoms with Gasteiger partial charge in [0.2, 0.25) is 0 Å². The van der Waals surface area contributed by atoms with Crippen LogP contribution in [0.5, 0.6) is 0 Å². The van der Waals surface area contributed by atoms with Crippen molar-refractivity contribution in [3.05, 3.63) is 17.8 Å². The van der Waals surface area contributed by atoms with E-state index in [1.54, 1.807) is 6.26 Å². The summed E-state index contributed by atoms with van der Waals surface area (Å²) in [4.78, 5) is 4.32. The van der Waals surface area contributed by atoms with Crippen molar-refractivity contribution in [3.8, 4) is 0 Å². The predicted molar refractivity (Wildman–Crippen MR) is 56.5 cm³/mol. The Hall–Kier alpha value is -0.480. The fourth-order valence-electron chi connectivity index (χ4n) is 1.67. The Balaban J connectivity index is 1.88. The summed E-state index contributed by atoms with van der Waals surface area (Å²) in [6.07, 6.45) is 5.80. The number of nitrogens with zero attached hydrogens (tertiary/aromatic N) is 1. The molecule has 78 valence electrons. The molecule has 1 aliphatic rings. The summed E-state index contributed by atoms with van der Waals surface area (Å²) >= 11 is 2.01. The fourth-order valence-corrected chi connectivity index (χ4v) is 2.93. The third-order valence-corrected chi connectivity index (χ3v) is 3.79. The molecule has 0 saturated carbocycles. The van der Waals surface area contributed by atoms with E-state index in [1.165, 1.54) is 18.6 Å². The summed E-state index contributed by atoms with van der Waals surface area (Å²) < 4.78 is 5.34. The van der Waals surface area contributed by atoms with Gasteiger partial charge in [0, 0.05) is 24.7 Å². The second kappa shape index (κ2) is 4.84. The first-order chi connectivity index (χ1) is 6.88. The molecule has 1 fully saturated rings. The first kappa shape index (κ1) is 10.1. The lowest BCUT2D eigenvalue weighted by Gasteiger charge is -2.02. The third-order valence-electron chi connectivity index (χ3n) is 2.39. The molecule has 0 aromatic carbocycles. The molecule has 4 heteroatoms. The predicted octanol–water partition coefficient (Wildman–Crippen LogP) is 1.65. The molecule has 1 N–H and O–H groups in total. The SMILES string of the molecule is OCCc1coc(CC2CCCS2)n1. The summed E-state index contributed by atoms with van der Waals surface area (Å²) in [5, 5.41) is 9.42. The maximum Gasteiger partial charge on any atom is 0.195 e. The van der Waals surface area contributed by atoms with E-state index in [0.717, 1.165) is 18.0 Å². The summed E-state index contributed by atoms with van der Waals surface area (Å²) in [7, 11) is 0. The van der Waals surface area contributed by atoms with Crippen LogP contribution in [-0.4, -0.2) is 27.7 Å². The van der Waals surface area contributed by atoms with Gasteiger partial charge in [-0.15, -0.1) is 0 Å². The molecule has 1 aromatic heterocycles. The Bertz CT molecular complexity index is 281. The van der Waals surface area contributed by atoms with Gasteiger partial charge >= 0.3 is 0 Å². The van der Waals surface area contributed by atoms with Crippen LogP contribution in [0.2, 0.25) is 0 Å². The highest BCUT2D eigenvalue weighted by atomic mass is 32.2. The van der Waals surface area contributed by atoms with Crippen molar-refractivity contribution >= 4 is 11.8 Å². The Morgan fingerprint density at radius 1 is 1.64 bits per heavy atom. The van der Waals surface area contributed by atoms with Crippen LogP contribution in [-0.2, 0) is 12.8 Å². The van der Waals surface area contributed by atoms with Crippen molar-refractivity contribution < 1.29 is 9.52 Å². The lowest BCUT2D eigenvalue weighted by atomic mass is 10.2. The van der Waals surface area contributed by atoms with Crippen molar-refractivity contribution in [2.75, 3.05) is 12.4 Å². The summed E-state index contributed by atoms with van der Waals surface area (Å²) in [6, 6.07) is 0. The Kier molecular flexibility index (Phi) is 3.48. The van der Waals surface area contributed by atoms with Gasteiger partial charge in [0.1, 0.15) is 6.26 Å². The standard InChI is InChI=1S/C10H15NO2S/c12-4-3-8-7-13-10(11-8)6-9-2-1-5-14-9/h7,9,12H,1-6H2. The van der Waals surface area contributed by atoms with Crippen LogP contribution < -0.4 is 0 Å². The highest BCUT2D eigenvalue weighted by Crippen LogP contribution is 2.28. The molecular formula is C10H15NO2S. The summed E-state index contributed by atoms with van der Waals surface area (Å²) in [6.45, 7) is 0.143. The van der Waals surface area contributed by atoms with Crippen LogP contribution in [0, 0.1) is 0 Å². The topological polar surface area (TPSA) is 46.3 Å². The number of aliphatic hydroxyl groups is 1. The lowest BCUT2D eigenvalue weighted by Crippen LogP contribution is -2.02. The Labute approximate surface area is 87.9 Å². The van der Waals surface area contributed by atoms with Gasteiger partial charge in [0.15, 0.2) is 5.89 Å². The summed E-state index contributed by atoms with van der Waals surface area (Å²) in [5.74, 6) is 2.10. The van der Waals surface area contributed by atoms with Gasteiger partial charge < -0.3 is 9.52 Å². The molecule has 0 radical (unpaired) electrons. The molecular weight excluding hydrogens is 198 g/mol. The van der Waals surface area contributed by atoms with Gasteiger partial charge in [0.05, 0.1) is 5.69 Å². The molecule has 3 nitrogen and oxygen atoms in total. The van der Waals surface area contributed by atoms with E-state index in [-0.39, 0.29) is 6.61 Å². The van der Waals surface area contributed by atoms with Crippen LogP contribution in [0.1, 0.15) is 24.4 Å². The number of oxazole rings is 1. The van der Waals surface area contributed by atoms with Gasteiger partial charge in [0.25, 0.3) is 0 Å². The Morgan fingerprint density at radius 2 is 2.57 bits per heavy atom. The van der Waals surface area contributed by atoms with Crippen LogP contribution in [0.25, 0.3) is 0 Å². The van der Waals surface area contributed by atoms with E-state index >= 15 is 0 Å². The minimum Gasteiger partial charge on any atom is -0.449 e. The average Bonchev–Trinajstić information content (AvgIpc) is 2.79. The highest BCUT2D eigenvalue weighted by Gasteiger charge is 2.18. The largest absolute Gasteiger partial charge is 0.449 e. The van der Waals surface area contributed by atoms with Gasteiger partial charge in [-0.05, 0) is 18.6 Å². The van der Waals surface area contributed by atoms with Crippen LogP contribution >= 0.6 is 11.8 Å². The number of hydrogen-bond donors (Lipinski definition) is 1. The molecule has 2 rings (SSSR count). The molecule has 0 aliphatic carbocycles. The zero-order chi connectivity index (χ0) is 9.80. The van der Waals surface area contributed by atoms with Crippen LogP contribution in [0.3, 0.4) is 0 Å². The zero-order valence-corrected chi connectivity index (χ0v) is 8.92. The molecule has 1 aliphatic heterocycles. The molecule has 1 saturated heterocycles. The van der Waals surface area contributed by atoms with E-state index in [0.29, 0.717) is 11.7 Å². The number of rotatable bonds is 4. The first-order valence-corrected chi connectivity index (χ1v) is 6.09. The van der Waals surface area contributed by atoms with E-state index in [4.69, 9.17) is 9.52 Å². The minimum atomic E-state index is 0.143. The van der Waals surface area contributed by atoms with Gasteiger partial charge in [-0.1, -0.05) is 0 Å². The second-order valence-corrected chi connectivity index (χ2v) is 4.95. The maximum absolute atomic E-state index is 8.73. The Morgan fingerprint density at radius 3 is 3.29 bits per heavy atom. The van der Waals surface area contributed by atoms with Gasteiger partial charge in [-0.2, -0.15) is 11.8 Å². The highest BCUT2D eigenvalue weighted by molar-refractivity contribution is 8.00. The van der Waals surface area contributed by atoms with Crippen LogP contribution in [0.15, 0.2) is 10.7 Å². The number of aliphatic hydroxyl groups excluding tert-OH is 1.